The zero-order valence-electron chi connectivity index (χ0n) is 13.3. The van der Waals surface area contributed by atoms with Crippen LogP contribution in [-0.2, 0) is 10.0 Å². The standard InChI is InChI=1S/C14H21BrN2O4S.ClH/c1-17(11(8-16)9-4-5-9)22(18,19)14-7-13(21-3)12(20-2)6-10(14)15;/h6-7,9,11H,4-5,8,16H2,1-3H3;1H. The maximum atomic E-state index is 12.9. The van der Waals surface area contributed by atoms with Crippen molar-refractivity contribution in [1.29, 1.82) is 0 Å². The Labute approximate surface area is 151 Å². The Morgan fingerprint density at radius 1 is 1.30 bits per heavy atom. The Kier molecular flexibility index (Phi) is 7.15. The summed E-state index contributed by atoms with van der Waals surface area (Å²) < 4.78 is 38.0. The van der Waals surface area contributed by atoms with Gasteiger partial charge in [0.1, 0.15) is 4.90 Å². The van der Waals surface area contributed by atoms with Crippen molar-refractivity contribution >= 4 is 38.4 Å². The summed E-state index contributed by atoms with van der Waals surface area (Å²) in [5.74, 6) is 1.19. The molecule has 1 saturated carbocycles. The van der Waals surface area contributed by atoms with E-state index >= 15 is 0 Å². The molecular weight excluding hydrogens is 408 g/mol. The molecule has 2 rings (SSSR count). The Bertz CT molecular complexity index is 652. The minimum Gasteiger partial charge on any atom is -0.493 e. The maximum absolute atomic E-state index is 12.9. The van der Waals surface area contributed by atoms with Gasteiger partial charge in [-0.2, -0.15) is 4.31 Å². The minimum absolute atomic E-state index is 0. The number of methoxy groups -OCH3 is 2. The predicted molar refractivity (Wildman–Crippen MR) is 95.0 cm³/mol. The number of hydrogen-bond donors (Lipinski definition) is 1. The average Bonchev–Trinajstić information content (AvgIpc) is 3.32. The van der Waals surface area contributed by atoms with Crippen molar-refractivity contribution in [3.05, 3.63) is 16.6 Å². The van der Waals surface area contributed by atoms with E-state index < -0.39 is 10.0 Å². The van der Waals surface area contributed by atoms with Crippen LogP contribution in [-0.4, -0.2) is 46.6 Å². The van der Waals surface area contributed by atoms with E-state index in [1.54, 1.807) is 13.1 Å². The van der Waals surface area contributed by atoms with Crippen LogP contribution in [0.15, 0.2) is 21.5 Å². The van der Waals surface area contributed by atoms with E-state index in [1.165, 1.54) is 24.6 Å². The van der Waals surface area contributed by atoms with Gasteiger partial charge >= 0.3 is 0 Å². The molecular formula is C14H22BrClN2O4S. The molecule has 1 unspecified atom stereocenters. The van der Waals surface area contributed by atoms with Crippen LogP contribution in [0, 0.1) is 5.92 Å². The van der Waals surface area contributed by atoms with Gasteiger partial charge in [0.25, 0.3) is 0 Å². The van der Waals surface area contributed by atoms with Crippen molar-refractivity contribution in [3.8, 4) is 11.5 Å². The molecule has 0 spiro atoms. The third-order valence-corrected chi connectivity index (χ3v) is 6.81. The smallest absolute Gasteiger partial charge is 0.244 e. The van der Waals surface area contributed by atoms with Crippen LogP contribution in [0.2, 0.25) is 0 Å². The molecule has 0 aliphatic heterocycles. The number of ether oxygens (including phenoxy) is 2. The van der Waals surface area contributed by atoms with E-state index in [-0.39, 0.29) is 23.3 Å². The third-order valence-electron chi connectivity index (χ3n) is 3.97. The molecule has 9 heteroatoms. The van der Waals surface area contributed by atoms with E-state index in [9.17, 15) is 8.42 Å². The van der Waals surface area contributed by atoms with Gasteiger partial charge < -0.3 is 15.2 Å². The second-order valence-electron chi connectivity index (χ2n) is 5.30. The number of halogens is 2. The van der Waals surface area contributed by atoms with Gasteiger partial charge in [-0.3, -0.25) is 0 Å². The summed E-state index contributed by atoms with van der Waals surface area (Å²) in [5, 5.41) is 0. The van der Waals surface area contributed by atoms with Gasteiger partial charge in [-0.15, -0.1) is 12.4 Å². The summed E-state index contributed by atoms with van der Waals surface area (Å²) in [4.78, 5) is 0.145. The van der Waals surface area contributed by atoms with Crippen LogP contribution in [0.25, 0.3) is 0 Å². The first-order chi connectivity index (χ1) is 10.4. The number of benzene rings is 1. The summed E-state index contributed by atoms with van der Waals surface area (Å²) in [6.45, 7) is 0.311. The van der Waals surface area contributed by atoms with Gasteiger partial charge in [0.05, 0.1) is 14.2 Å². The summed E-state index contributed by atoms with van der Waals surface area (Å²) >= 11 is 3.31. The van der Waals surface area contributed by atoms with Crippen LogP contribution in [0.3, 0.4) is 0 Å². The molecule has 6 nitrogen and oxygen atoms in total. The van der Waals surface area contributed by atoms with Crippen molar-refractivity contribution in [2.75, 3.05) is 27.8 Å². The largest absolute Gasteiger partial charge is 0.493 e. The van der Waals surface area contributed by atoms with Crippen molar-refractivity contribution in [2.24, 2.45) is 11.7 Å². The van der Waals surface area contributed by atoms with Crippen LogP contribution < -0.4 is 15.2 Å². The van der Waals surface area contributed by atoms with Crippen LogP contribution in [0.5, 0.6) is 11.5 Å². The fraction of sp³-hybridized carbons (Fsp3) is 0.571. The quantitative estimate of drug-likeness (QED) is 0.719. The van der Waals surface area contributed by atoms with Crippen molar-refractivity contribution in [3.63, 3.8) is 0 Å². The first-order valence-electron chi connectivity index (χ1n) is 6.96. The fourth-order valence-corrected chi connectivity index (χ4v) is 4.91. The monoisotopic (exact) mass is 428 g/mol. The summed E-state index contributed by atoms with van der Waals surface area (Å²) in [6.07, 6.45) is 2.05. The molecule has 2 N–H and O–H groups in total. The molecule has 0 aromatic heterocycles. The Morgan fingerprint density at radius 2 is 1.83 bits per heavy atom. The molecule has 132 valence electrons. The first kappa shape index (κ1) is 20.5. The number of nitrogens with zero attached hydrogens (tertiary/aromatic N) is 1. The van der Waals surface area contributed by atoms with Gasteiger partial charge in [0, 0.05) is 30.2 Å². The topological polar surface area (TPSA) is 81.9 Å². The van der Waals surface area contributed by atoms with Crippen LogP contribution in [0.4, 0.5) is 0 Å². The Balaban J connectivity index is 0.00000264. The zero-order chi connectivity index (χ0) is 16.5. The van der Waals surface area contributed by atoms with Gasteiger partial charge in [0.2, 0.25) is 10.0 Å². The van der Waals surface area contributed by atoms with Crippen molar-refractivity contribution in [1.82, 2.24) is 4.31 Å². The van der Waals surface area contributed by atoms with Gasteiger partial charge in [-0.1, -0.05) is 0 Å². The SMILES string of the molecule is COc1cc(Br)c(S(=O)(=O)N(C)C(CN)C2CC2)cc1OC.Cl. The highest BCUT2D eigenvalue weighted by atomic mass is 79.9. The maximum Gasteiger partial charge on any atom is 0.244 e. The molecule has 0 amide bonds. The summed E-state index contributed by atoms with van der Waals surface area (Å²) in [6, 6.07) is 2.88. The number of hydrogen-bond acceptors (Lipinski definition) is 5. The lowest BCUT2D eigenvalue weighted by molar-refractivity contribution is 0.338. The Morgan fingerprint density at radius 3 is 2.26 bits per heavy atom. The van der Waals surface area contributed by atoms with Crippen molar-refractivity contribution < 1.29 is 17.9 Å². The van der Waals surface area contributed by atoms with E-state index in [2.05, 4.69) is 15.9 Å². The predicted octanol–water partition coefficient (Wildman–Crippen LogP) is 2.25. The molecule has 1 aliphatic rings. The molecule has 23 heavy (non-hydrogen) atoms. The van der Waals surface area contributed by atoms with E-state index in [1.807, 2.05) is 0 Å². The van der Waals surface area contributed by atoms with E-state index in [0.717, 1.165) is 12.8 Å². The van der Waals surface area contributed by atoms with Crippen LogP contribution in [0.1, 0.15) is 12.8 Å². The van der Waals surface area contributed by atoms with E-state index in [4.69, 9.17) is 15.2 Å². The average molecular weight is 430 g/mol. The van der Waals surface area contributed by atoms with Crippen molar-refractivity contribution in [2.45, 2.75) is 23.8 Å². The number of nitrogens with two attached hydrogens (primary N) is 1. The lowest BCUT2D eigenvalue weighted by atomic mass is 10.2. The molecule has 1 fully saturated rings. The van der Waals surface area contributed by atoms with Gasteiger partial charge in [-0.05, 0) is 40.8 Å². The van der Waals surface area contributed by atoms with Gasteiger partial charge in [-0.25, -0.2) is 8.42 Å². The van der Waals surface area contributed by atoms with E-state index in [0.29, 0.717) is 28.4 Å². The highest BCUT2D eigenvalue weighted by molar-refractivity contribution is 9.10. The normalized spacial score (nSPS) is 15.9. The fourth-order valence-electron chi connectivity index (χ4n) is 2.49. The van der Waals surface area contributed by atoms with Crippen LogP contribution >= 0.6 is 28.3 Å². The minimum atomic E-state index is -3.67. The van der Waals surface area contributed by atoms with Gasteiger partial charge in [0.15, 0.2) is 11.5 Å². The molecule has 0 saturated heterocycles. The molecule has 1 atom stereocenters. The lowest BCUT2D eigenvalue weighted by Gasteiger charge is -2.27. The lowest BCUT2D eigenvalue weighted by Crippen LogP contribution is -2.43. The number of likely N-dealkylation sites (N-methyl/N-ethyl adjacent to an activating group) is 1. The number of rotatable bonds is 7. The summed E-state index contributed by atoms with van der Waals surface area (Å²) in [7, 11) is 0.878. The zero-order valence-corrected chi connectivity index (χ0v) is 16.5. The molecule has 0 bridgehead atoms. The summed E-state index contributed by atoms with van der Waals surface area (Å²) in [5.41, 5.74) is 5.77. The highest BCUT2D eigenvalue weighted by Gasteiger charge is 2.39. The molecule has 1 aromatic carbocycles. The number of sulfonamides is 1. The molecule has 0 heterocycles. The highest BCUT2D eigenvalue weighted by Crippen LogP contribution is 2.39. The third kappa shape index (κ3) is 4.11. The molecule has 1 aliphatic carbocycles. The first-order valence-corrected chi connectivity index (χ1v) is 9.19. The molecule has 1 aromatic rings. The second-order valence-corrected chi connectivity index (χ2v) is 8.12. The molecule has 0 radical (unpaired) electrons. The second kappa shape index (κ2) is 8.02. The Hall–Kier alpha value is -0.540.